The highest BCUT2D eigenvalue weighted by molar-refractivity contribution is 5.33. The second kappa shape index (κ2) is 4.85. The van der Waals surface area contributed by atoms with Crippen LogP contribution in [0.15, 0.2) is 18.2 Å². The minimum Gasteiger partial charge on any atom is -0.491 e. The van der Waals surface area contributed by atoms with Crippen LogP contribution in [0.5, 0.6) is 5.75 Å². The molecule has 1 aliphatic rings. The van der Waals surface area contributed by atoms with Crippen molar-refractivity contribution in [1.82, 2.24) is 0 Å². The molecule has 0 N–H and O–H groups in total. The van der Waals surface area contributed by atoms with Crippen molar-refractivity contribution in [3.8, 4) is 5.75 Å². The Morgan fingerprint density at radius 3 is 2.75 bits per heavy atom. The molecule has 16 heavy (non-hydrogen) atoms. The molecule has 1 aromatic carbocycles. The first kappa shape index (κ1) is 11.4. The number of benzene rings is 1. The Hall–Kier alpha value is -1.06. The molecule has 0 aromatic heterocycles. The topological polar surface area (TPSA) is 27.7 Å². The van der Waals surface area contributed by atoms with Gasteiger partial charge in [0.25, 0.3) is 0 Å². The minimum absolute atomic E-state index is 0.0524. The van der Waals surface area contributed by atoms with E-state index in [1.54, 1.807) is 0 Å². The van der Waals surface area contributed by atoms with E-state index in [0.717, 1.165) is 5.75 Å². The number of hydrogen-bond donors (Lipinski definition) is 0. The fourth-order valence-electron chi connectivity index (χ4n) is 1.67. The summed E-state index contributed by atoms with van der Waals surface area (Å²) in [6.07, 6.45) is -0.0510. The van der Waals surface area contributed by atoms with Gasteiger partial charge in [-0.1, -0.05) is 6.07 Å². The number of aryl methyl sites for hydroxylation is 2. The first-order valence-corrected chi connectivity index (χ1v) is 5.62. The van der Waals surface area contributed by atoms with Crippen LogP contribution in [0.25, 0.3) is 0 Å². The molecule has 2 atom stereocenters. The average molecular weight is 222 g/mol. The molecule has 0 radical (unpaired) electrons. The van der Waals surface area contributed by atoms with E-state index in [0.29, 0.717) is 13.2 Å². The molecule has 1 aromatic rings. The standard InChI is InChI=1S/C13H18O3/c1-9-4-5-12(6-10(9)2)15-8-13-7-14-11(3)16-13/h4-6,11,13H,7-8H2,1-3H3. The van der Waals surface area contributed by atoms with E-state index < -0.39 is 0 Å². The minimum atomic E-state index is -0.103. The molecular weight excluding hydrogens is 204 g/mol. The molecule has 1 fully saturated rings. The first-order valence-electron chi connectivity index (χ1n) is 5.62. The van der Waals surface area contributed by atoms with Crippen molar-refractivity contribution in [2.75, 3.05) is 13.2 Å². The summed E-state index contributed by atoms with van der Waals surface area (Å²) in [5.74, 6) is 0.895. The normalized spacial score (nSPS) is 24.7. The van der Waals surface area contributed by atoms with Crippen molar-refractivity contribution >= 4 is 0 Å². The summed E-state index contributed by atoms with van der Waals surface area (Å²) in [4.78, 5) is 0. The van der Waals surface area contributed by atoms with Gasteiger partial charge in [-0.15, -0.1) is 0 Å². The van der Waals surface area contributed by atoms with Crippen LogP contribution in [-0.2, 0) is 9.47 Å². The third-order valence-corrected chi connectivity index (χ3v) is 2.82. The molecule has 0 aliphatic carbocycles. The van der Waals surface area contributed by atoms with Gasteiger partial charge in [-0.05, 0) is 44.0 Å². The number of rotatable bonds is 3. The third kappa shape index (κ3) is 2.74. The Morgan fingerprint density at radius 2 is 2.12 bits per heavy atom. The Bertz CT molecular complexity index is 362. The van der Waals surface area contributed by atoms with Crippen molar-refractivity contribution in [2.45, 2.75) is 33.2 Å². The highest BCUT2D eigenvalue weighted by atomic mass is 16.7. The van der Waals surface area contributed by atoms with Crippen molar-refractivity contribution in [1.29, 1.82) is 0 Å². The van der Waals surface area contributed by atoms with Gasteiger partial charge in [0.2, 0.25) is 0 Å². The predicted octanol–water partition coefficient (Wildman–Crippen LogP) is 2.44. The molecule has 88 valence electrons. The SMILES string of the molecule is Cc1ccc(OCC2COC(C)O2)cc1C. The fourth-order valence-corrected chi connectivity index (χ4v) is 1.67. The summed E-state index contributed by atoms with van der Waals surface area (Å²) in [5.41, 5.74) is 2.52. The summed E-state index contributed by atoms with van der Waals surface area (Å²) in [6.45, 7) is 7.24. The number of ether oxygens (including phenoxy) is 3. The monoisotopic (exact) mass is 222 g/mol. The van der Waals surface area contributed by atoms with Gasteiger partial charge < -0.3 is 14.2 Å². The van der Waals surface area contributed by atoms with Crippen molar-refractivity contribution in [2.24, 2.45) is 0 Å². The lowest BCUT2D eigenvalue weighted by molar-refractivity contribution is -0.0486. The summed E-state index contributed by atoms with van der Waals surface area (Å²) >= 11 is 0. The van der Waals surface area contributed by atoms with Gasteiger partial charge in [0.15, 0.2) is 6.29 Å². The van der Waals surface area contributed by atoms with E-state index in [-0.39, 0.29) is 12.4 Å². The summed E-state index contributed by atoms with van der Waals surface area (Å²) in [7, 11) is 0. The van der Waals surface area contributed by atoms with Gasteiger partial charge in [-0.25, -0.2) is 0 Å². The molecule has 3 nitrogen and oxygen atoms in total. The molecule has 1 saturated heterocycles. The van der Waals surface area contributed by atoms with Crippen LogP contribution in [-0.4, -0.2) is 25.6 Å². The van der Waals surface area contributed by atoms with E-state index in [4.69, 9.17) is 14.2 Å². The third-order valence-electron chi connectivity index (χ3n) is 2.82. The van der Waals surface area contributed by atoms with Crippen LogP contribution < -0.4 is 4.74 Å². The zero-order valence-electron chi connectivity index (χ0n) is 10.0. The average Bonchev–Trinajstić information content (AvgIpc) is 2.66. The maximum atomic E-state index is 5.67. The fraction of sp³-hybridized carbons (Fsp3) is 0.538. The molecule has 0 amide bonds. The van der Waals surface area contributed by atoms with E-state index in [1.165, 1.54) is 11.1 Å². The summed E-state index contributed by atoms with van der Waals surface area (Å²) in [6, 6.07) is 6.11. The Labute approximate surface area is 96.3 Å². The van der Waals surface area contributed by atoms with Gasteiger partial charge in [-0.3, -0.25) is 0 Å². The largest absolute Gasteiger partial charge is 0.491 e. The molecule has 0 spiro atoms. The van der Waals surface area contributed by atoms with Crippen molar-refractivity contribution in [3.05, 3.63) is 29.3 Å². The van der Waals surface area contributed by atoms with Crippen LogP contribution in [0.4, 0.5) is 0 Å². The van der Waals surface area contributed by atoms with Crippen LogP contribution in [0, 0.1) is 13.8 Å². The lowest BCUT2D eigenvalue weighted by Gasteiger charge is -2.11. The molecule has 1 heterocycles. The molecule has 1 aliphatic heterocycles. The zero-order valence-corrected chi connectivity index (χ0v) is 10.0. The zero-order chi connectivity index (χ0) is 11.5. The van der Waals surface area contributed by atoms with Gasteiger partial charge in [-0.2, -0.15) is 0 Å². The quantitative estimate of drug-likeness (QED) is 0.786. The van der Waals surface area contributed by atoms with Crippen LogP contribution in [0.2, 0.25) is 0 Å². The first-order chi connectivity index (χ1) is 7.65. The van der Waals surface area contributed by atoms with Gasteiger partial charge in [0.05, 0.1) is 6.61 Å². The molecule has 3 heteroatoms. The van der Waals surface area contributed by atoms with Gasteiger partial charge in [0, 0.05) is 0 Å². The van der Waals surface area contributed by atoms with E-state index in [2.05, 4.69) is 26.0 Å². The van der Waals surface area contributed by atoms with Crippen molar-refractivity contribution in [3.63, 3.8) is 0 Å². The van der Waals surface area contributed by atoms with Crippen LogP contribution >= 0.6 is 0 Å². The molecular formula is C13H18O3. The number of hydrogen-bond acceptors (Lipinski definition) is 3. The smallest absolute Gasteiger partial charge is 0.155 e. The predicted molar refractivity (Wildman–Crippen MR) is 61.7 cm³/mol. The van der Waals surface area contributed by atoms with Crippen LogP contribution in [0.3, 0.4) is 0 Å². The molecule has 2 rings (SSSR count). The highest BCUT2D eigenvalue weighted by Crippen LogP contribution is 2.18. The van der Waals surface area contributed by atoms with E-state index in [9.17, 15) is 0 Å². The van der Waals surface area contributed by atoms with Gasteiger partial charge >= 0.3 is 0 Å². The summed E-state index contributed by atoms with van der Waals surface area (Å²) in [5, 5.41) is 0. The second-order valence-corrected chi connectivity index (χ2v) is 4.22. The maximum Gasteiger partial charge on any atom is 0.155 e. The molecule has 0 bridgehead atoms. The van der Waals surface area contributed by atoms with E-state index in [1.807, 2.05) is 13.0 Å². The maximum absolute atomic E-state index is 5.67. The lowest BCUT2D eigenvalue weighted by atomic mass is 10.1. The molecule has 2 unspecified atom stereocenters. The van der Waals surface area contributed by atoms with E-state index >= 15 is 0 Å². The highest BCUT2D eigenvalue weighted by Gasteiger charge is 2.22. The Balaban J connectivity index is 1.87. The molecule has 0 saturated carbocycles. The van der Waals surface area contributed by atoms with Crippen LogP contribution in [0.1, 0.15) is 18.1 Å². The summed E-state index contributed by atoms with van der Waals surface area (Å²) < 4.78 is 16.5. The van der Waals surface area contributed by atoms with Gasteiger partial charge in [0.1, 0.15) is 18.5 Å². The second-order valence-electron chi connectivity index (χ2n) is 4.22. The Kier molecular flexibility index (Phi) is 3.46. The lowest BCUT2D eigenvalue weighted by Crippen LogP contribution is -2.20. The Morgan fingerprint density at radius 1 is 1.31 bits per heavy atom. The van der Waals surface area contributed by atoms with Crippen molar-refractivity contribution < 1.29 is 14.2 Å².